The number of allylic oxidation sites excluding steroid dienone is 2. The maximum atomic E-state index is 11.3. The second-order valence-corrected chi connectivity index (χ2v) is 10.9. The van der Waals surface area contributed by atoms with Crippen molar-refractivity contribution in [3.05, 3.63) is 11.8 Å². The minimum atomic E-state index is -1.70. The standard InChI is InChI=1S/C6H10O2.2C4H9.Sn/c1-3-6(8)4-5(2)7;2*1-3-4-2;/h4,7H,3H2,1-2H3;2*1,3-4H2,2H3;/q;;;+1/p-1. The van der Waals surface area contributed by atoms with E-state index >= 15 is 0 Å². The summed E-state index contributed by atoms with van der Waals surface area (Å²) < 4.78 is 8.66. The molecule has 0 aliphatic carbocycles. The average Bonchev–Trinajstić information content (AvgIpc) is 2.32. The third kappa shape index (κ3) is 9.69. The van der Waals surface area contributed by atoms with Crippen LogP contribution in [-0.4, -0.2) is 26.0 Å². The van der Waals surface area contributed by atoms with E-state index in [2.05, 4.69) is 13.8 Å². The van der Waals surface area contributed by atoms with E-state index in [1.54, 1.807) is 6.08 Å². The van der Waals surface area contributed by atoms with Gasteiger partial charge in [0.15, 0.2) is 0 Å². The number of ketones is 1. The Bertz CT molecular complexity index is 228. The Balaban J connectivity index is 4.19. The van der Waals surface area contributed by atoms with Gasteiger partial charge < -0.3 is 0 Å². The van der Waals surface area contributed by atoms with Crippen LogP contribution in [0.2, 0.25) is 8.87 Å². The van der Waals surface area contributed by atoms with Crippen LogP contribution in [0.4, 0.5) is 0 Å². The van der Waals surface area contributed by atoms with Crippen LogP contribution in [0.1, 0.15) is 59.8 Å². The predicted molar refractivity (Wildman–Crippen MR) is 75.3 cm³/mol. The second-order valence-electron chi connectivity index (χ2n) is 4.42. The van der Waals surface area contributed by atoms with E-state index in [0.717, 1.165) is 5.76 Å². The maximum absolute atomic E-state index is 11.3. The molecule has 1 radical (unpaired) electrons. The van der Waals surface area contributed by atoms with Gasteiger partial charge in [0, 0.05) is 0 Å². The number of rotatable bonds is 10. The molecule has 0 aliphatic rings. The van der Waals surface area contributed by atoms with E-state index < -0.39 is 20.2 Å². The van der Waals surface area contributed by atoms with E-state index in [-0.39, 0.29) is 5.78 Å². The average molecular weight is 346 g/mol. The minimum absolute atomic E-state index is 0.177. The summed E-state index contributed by atoms with van der Waals surface area (Å²) in [5.74, 6) is 1.04. The molecular formula is C14H27O2Sn. The summed E-state index contributed by atoms with van der Waals surface area (Å²) in [5, 5.41) is 0. The van der Waals surface area contributed by atoms with Crippen molar-refractivity contribution in [3.8, 4) is 0 Å². The van der Waals surface area contributed by atoms with E-state index in [1.165, 1.54) is 34.6 Å². The predicted octanol–water partition coefficient (Wildman–Crippen LogP) is 4.48. The molecule has 2 nitrogen and oxygen atoms in total. The van der Waals surface area contributed by atoms with Crippen LogP contribution in [0, 0.1) is 0 Å². The monoisotopic (exact) mass is 347 g/mol. The molecule has 0 aromatic heterocycles. The summed E-state index contributed by atoms with van der Waals surface area (Å²) in [4.78, 5) is 11.3. The first-order valence-electron chi connectivity index (χ1n) is 6.87. The van der Waals surface area contributed by atoms with Gasteiger partial charge in [-0.3, -0.25) is 0 Å². The first kappa shape index (κ1) is 17.0. The van der Waals surface area contributed by atoms with Crippen molar-refractivity contribution in [2.75, 3.05) is 0 Å². The van der Waals surface area contributed by atoms with Crippen LogP contribution in [0.15, 0.2) is 11.8 Å². The van der Waals surface area contributed by atoms with Crippen LogP contribution in [-0.2, 0) is 7.87 Å². The summed E-state index contributed by atoms with van der Waals surface area (Å²) in [6.07, 6.45) is 7.31. The molecule has 0 spiro atoms. The van der Waals surface area contributed by atoms with Gasteiger partial charge in [-0.1, -0.05) is 0 Å². The molecule has 0 aliphatic heterocycles. The van der Waals surface area contributed by atoms with Gasteiger partial charge >= 0.3 is 114 Å². The molecule has 0 saturated heterocycles. The fourth-order valence-corrected chi connectivity index (χ4v) is 8.59. The zero-order valence-electron chi connectivity index (χ0n) is 11.8. The Morgan fingerprint density at radius 2 is 1.65 bits per heavy atom. The van der Waals surface area contributed by atoms with E-state index in [9.17, 15) is 4.79 Å². The number of hydrogen-bond donors (Lipinski definition) is 0. The van der Waals surface area contributed by atoms with Crippen LogP contribution in [0.3, 0.4) is 0 Å². The van der Waals surface area contributed by atoms with Gasteiger partial charge in [-0.05, 0) is 0 Å². The van der Waals surface area contributed by atoms with Crippen molar-refractivity contribution >= 4 is 26.0 Å². The molecule has 99 valence electrons. The van der Waals surface area contributed by atoms with Gasteiger partial charge in [-0.25, -0.2) is 0 Å². The summed E-state index contributed by atoms with van der Waals surface area (Å²) in [5.41, 5.74) is 0. The van der Waals surface area contributed by atoms with Crippen molar-refractivity contribution in [2.24, 2.45) is 0 Å². The molecule has 0 N–H and O–H groups in total. The topological polar surface area (TPSA) is 26.3 Å². The molecule has 0 amide bonds. The molecule has 0 fully saturated rings. The number of unbranched alkanes of at least 4 members (excludes halogenated alkanes) is 2. The van der Waals surface area contributed by atoms with Crippen molar-refractivity contribution in [1.29, 1.82) is 0 Å². The third-order valence-electron chi connectivity index (χ3n) is 2.64. The van der Waals surface area contributed by atoms with Crippen molar-refractivity contribution < 1.29 is 7.87 Å². The zero-order valence-corrected chi connectivity index (χ0v) is 14.7. The van der Waals surface area contributed by atoms with Crippen LogP contribution >= 0.6 is 0 Å². The molecule has 17 heavy (non-hydrogen) atoms. The molecule has 0 saturated carbocycles. The Morgan fingerprint density at radius 3 is 2.06 bits per heavy atom. The van der Waals surface area contributed by atoms with E-state index in [0.29, 0.717) is 6.42 Å². The summed E-state index contributed by atoms with van der Waals surface area (Å²) in [7, 11) is 0. The van der Waals surface area contributed by atoms with Gasteiger partial charge in [0.2, 0.25) is 0 Å². The number of carbonyl (C=O) groups excluding carboxylic acids is 1. The van der Waals surface area contributed by atoms with E-state index in [4.69, 9.17) is 3.07 Å². The number of carbonyl (C=O) groups is 1. The fraction of sp³-hybridized carbons (Fsp3) is 0.786. The molecule has 3 heteroatoms. The summed E-state index contributed by atoms with van der Waals surface area (Å²) >= 11 is -1.70. The molecule has 0 unspecified atom stereocenters. The summed E-state index contributed by atoms with van der Waals surface area (Å²) in [6, 6.07) is 0. The first-order chi connectivity index (χ1) is 8.13. The van der Waals surface area contributed by atoms with Gasteiger partial charge in [0.1, 0.15) is 0 Å². The Labute approximate surface area is 114 Å². The van der Waals surface area contributed by atoms with E-state index in [1.807, 2.05) is 13.8 Å². The van der Waals surface area contributed by atoms with Crippen LogP contribution in [0.5, 0.6) is 0 Å². The molecule has 0 aromatic carbocycles. The quantitative estimate of drug-likeness (QED) is 0.331. The molecule has 0 rings (SSSR count). The molecular weight excluding hydrogens is 319 g/mol. The Kier molecular flexibility index (Phi) is 11.1. The van der Waals surface area contributed by atoms with Gasteiger partial charge in [0.25, 0.3) is 0 Å². The second kappa shape index (κ2) is 11.1. The molecule has 0 atom stereocenters. The molecule has 0 aromatic rings. The zero-order chi connectivity index (χ0) is 13.1. The van der Waals surface area contributed by atoms with Crippen LogP contribution in [0.25, 0.3) is 0 Å². The van der Waals surface area contributed by atoms with Gasteiger partial charge in [0.05, 0.1) is 0 Å². The SMILES string of the molecule is CCC[CH2][Sn]([CH2]CCC)[O]C(C)=CC(=O)CC. The fourth-order valence-electron chi connectivity index (χ4n) is 1.56. The van der Waals surface area contributed by atoms with Crippen molar-refractivity contribution in [1.82, 2.24) is 0 Å². The Morgan fingerprint density at radius 1 is 1.12 bits per heavy atom. The third-order valence-corrected chi connectivity index (χ3v) is 9.58. The van der Waals surface area contributed by atoms with Crippen molar-refractivity contribution in [2.45, 2.75) is 68.7 Å². The summed E-state index contributed by atoms with van der Waals surface area (Å²) in [6.45, 7) is 8.28. The van der Waals surface area contributed by atoms with Gasteiger partial charge in [-0.2, -0.15) is 0 Å². The van der Waals surface area contributed by atoms with Gasteiger partial charge in [-0.15, -0.1) is 0 Å². The normalized spacial score (nSPS) is 11.9. The Hall–Kier alpha value is 0.00870. The number of hydrogen-bond acceptors (Lipinski definition) is 2. The molecule has 0 heterocycles. The van der Waals surface area contributed by atoms with Crippen molar-refractivity contribution in [3.63, 3.8) is 0 Å². The van der Waals surface area contributed by atoms with Crippen LogP contribution < -0.4 is 0 Å². The molecule has 0 bridgehead atoms. The first-order valence-corrected chi connectivity index (χ1v) is 12.1.